The first-order valence-corrected chi connectivity index (χ1v) is 8.64. The van der Waals surface area contributed by atoms with Crippen molar-refractivity contribution >= 4 is 17.4 Å². The van der Waals surface area contributed by atoms with Crippen molar-refractivity contribution in [1.82, 2.24) is 4.90 Å². The van der Waals surface area contributed by atoms with Crippen LogP contribution in [0.25, 0.3) is 0 Å². The fourth-order valence-electron chi connectivity index (χ4n) is 2.99. The van der Waals surface area contributed by atoms with E-state index < -0.39 is 0 Å². The van der Waals surface area contributed by atoms with Crippen LogP contribution < -0.4 is 15.4 Å². The Balaban J connectivity index is 1.64. The SMILES string of the molecule is CC(C)Oc1cccc(NC(=O)Nc2ccc3c(c2)CN(C)CC3)c1. The molecule has 0 unspecified atom stereocenters. The minimum Gasteiger partial charge on any atom is -0.491 e. The van der Waals surface area contributed by atoms with E-state index in [9.17, 15) is 4.79 Å². The Labute approximate surface area is 149 Å². The summed E-state index contributed by atoms with van der Waals surface area (Å²) in [6.45, 7) is 5.94. The summed E-state index contributed by atoms with van der Waals surface area (Å²) in [4.78, 5) is 14.6. The van der Waals surface area contributed by atoms with Crippen molar-refractivity contribution in [3.63, 3.8) is 0 Å². The molecule has 2 aromatic carbocycles. The first-order chi connectivity index (χ1) is 12.0. The minimum atomic E-state index is -0.259. The van der Waals surface area contributed by atoms with E-state index >= 15 is 0 Å². The molecule has 0 spiro atoms. The molecule has 1 aliphatic heterocycles. The second-order valence-corrected chi connectivity index (χ2v) is 6.74. The number of anilines is 2. The molecule has 25 heavy (non-hydrogen) atoms. The Morgan fingerprint density at radius 1 is 1.08 bits per heavy atom. The predicted octanol–water partition coefficient (Wildman–Crippen LogP) is 4.11. The number of nitrogens with one attached hydrogen (secondary N) is 2. The third-order valence-corrected chi connectivity index (χ3v) is 4.13. The van der Waals surface area contributed by atoms with Crippen molar-refractivity contribution in [3.05, 3.63) is 53.6 Å². The van der Waals surface area contributed by atoms with Gasteiger partial charge in [-0.2, -0.15) is 0 Å². The number of carbonyl (C=O) groups is 1. The second kappa shape index (κ2) is 7.57. The number of fused-ring (bicyclic) bond motifs is 1. The maximum atomic E-state index is 12.3. The van der Waals surface area contributed by atoms with Gasteiger partial charge in [0.05, 0.1) is 6.10 Å². The molecule has 0 fully saturated rings. The van der Waals surface area contributed by atoms with E-state index in [2.05, 4.69) is 34.7 Å². The van der Waals surface area contributed by atoms with Crippen LogP contribution in [0.15, 0.2) is 42.5 Å². The van der Waals surface area contributed by atoms with Gasteiger partial charge < -0.3 is 20.3 Å². The monoisotopic (exact) mass is 339 g/mol. The summed E-state index contributed by atoms with van der Waals surface area (Å²) in [5.74, 6) is 0.740. The van der Waals surface area contributed by atoms with Crippen molar-refractivity contribution in [2.75, 3.05) is 24.2 Å². The minimum absolute atomic E-state index is 0.0951. The first kappa shape index (κ1) is 17.3. The van der Waals surface area contributed by atoms with Gasteiger partial charge >= 0.3 is 6.03 Å². The molecule has 0 aromatic heterocycles. The Morgan fingerprint density at radius 3 is 2.60 bits per heavy atom. The maximum Gasteiger partial charge on any atom is 0.323 e. The van der Waals surface area contributed by atoms with Gasteiger partial charge in [0, 0.05) is 30.5 Å². The molecule has 5 heteroatoms. The molecule has 1 heterocycles. The molecular formula is C20H25N3O2. The highest BCUT2D eigenvalue weighted by molar-refractivity contribution is 5.99. The van der Waals surface area contributed by atoms with Crippen molar-refractivity contribution in [2.24, 2.45) is 0 Å². The number of nitrogens with zero attached hydrogens (tertiary/aromatic N) is 1. The topological polar surface area (TPSA) is 53.6 Å². The highest BCUT2D eigenvalue weighted by Gasteiger charge is 2.14. The molecule has 0 aliphatic carbocycles. The van der Waals surface area contributed by atoms with Gasteiger partial charge in [-0.05, 0) is 62.7 Å². The van der Waals surface area contributed by atoms with Crippen LogP contribution in [0.1, 0.15) is 25.0 Å². The van der Waals surface area contributed by atoms with Gasteiger partial charge in [-0.3, -0.25) is 0 Å². The number of rotatable bonds is 4. The molecule has 2 amide bonds. The van der Waals surface area contributed by atoms with E-state index in [0.29, 0.717) is 5.69 Å². The van der Waals surface area contributed by atoms with Crippen LogP contribution in [0, 0.1) is 0 Å². The predicted molar refractivity (Wildman–Crippen MR) is 101 cm³/mol. The van der Waals surface area contributed by atoms with Gasteiger partial charge in [0.15, 0.2) is 0 Å². The number of urea groups is 1. The van der Waals surface area contributed by atoms with Crippen LogP contribution in [-0.4, -0.2) is 30.6 Å². The molecule has 0 atom stereocenters. The number of ether oxygens (including phenoxy) is 1. The number of hydrogen-bond donors (Lipinski definition) is 2. The number of carbonyl (C=O) groups excluding carboxylic acids is 1. The largest absolute Gasteiger partial charge is 0.491 e. The van der Waals surface area contributed by atoms with Crippen LogP contribution in [0.2, 0.25) is 0 Å². The zero-order valence-electron chi connectivity index (χ0n) is 15.0. The summed E-state index contributed by atoms with van der Waals surface area (Å²) in [6, 6.07) is 13.3. The number of hydrogen-bond acceptors (Lipinski definition) is 3. The van der Waals surface area contributed by atoms with Gasteiger partial charge in [-0.1, -0.05) is 12.1 Å². The third-order valence-electron chi connectivity index (χ3n) is 4.13. The van der Waals surface area contributed by atoms with E-state index in [0.717, 1.165) is 30.9 Å². The molecule has 0 saturated heterocycles. The van der Waals surface area contributed by atoms with E-state index in [4.69, 9.17) is 4.74 Å². The second-order valence-electron chi connectivity index (χ2n) is 6.74. The van der Waals surface area contributed by atoms with Gasteiger partial charge in [-0.15, -0.1) is 0 Å². The van der Waals surface area contributed by atoms with E-state index in [1.54, 1.807) is 0 Å². The fourth-order valence-corrected chi connectivity index (χ4v) is 2.99. The number of likely N-dealkylation sites (N-methyl/N-ethyl adjacent to an activating group) is 1. The smallest absolute Gasteiger partial charge is 0.323 e. The molecule has 0 radical (unpaired) electrons. The molecule has 0 bridgehead atoms. The summed E-state index contributed by atoms with van der Waals surface area (Å²) in [7, 11) is 2.11. The van der Waals surface area contributed by atoms with Crippen LogP contribution in [-0.2, 0) is 13.0 Å². The maximum absolute atomic E-state index is 12.3. The van der Waals surface area contributed by atoms with Crippen LogP contribution >= 0.6 is 0 Å². The van der Waals surface area contributed by atoms with Crippen LogP contribution in [0.3, 0.4) is 0 Å². The lowest BCUT2D eigenvalue weighted by Gasteiger charge is -2.25. The normalized spacial score (nSPS) is 14.1. The first-order valence-electron chi connectivity index (χ1n) is 8.64. The van der Waals surface area contributed by atoms with Crippen LogP contribution in [0.4, 0.5) is 16.2 Å². The van der Waals surface area contributed by atoms with Crippen molar-refractivity contribution < 1.29 is 9.53 Å². The summed E-state index contributed by atoms with van der Waals surface area (Å²) in [5.41, 5.74) is 4.15. The van der Waals surface area contributed by atoms with Gasteiger partial charge in [0.1, 0.15) is 5.75 Å². The molecular weight excluding hydrogens is 314 g/mol. The summed E-state index contributed by atoms with van der Waals surface area (Å²) in [6.07, 6.45) is 1.15. The highest BCUT2D eigenvalue weighted by atomic mass is 16.5. The highest BCUT2D eigenvalue weighted by Crippen LogP contribution is 2.22. The van der Waals surface area contributed by atoms with E-state index in [-0.39, 0.29) is 12.1 Å². The van der Waals surface area contributed by atoms with Crippen molar-refractivity contribution in [1.29, 1.82) is 0 Å². The average Bonchev–Trinajstić information content (AvgIpc) is 2.54. The van der Waals surface area contributed by atoms with Crippen molar-refractivity contribution in [3.8, 4) is 5.75 Å². The molecule has 2 aromatic rings. The zero-order chi connectivity index (χ0) is 17.8. The Hall–Kier alpha value is -2.53. The molecule has 132 valence electrons. The van der Waals surface area contributed by atoms with Gasteiger partial charge in [0.2, 0.25) is 0 Å². The molecule has 0 saturated carbocycles. The Bertz CT molecular complexity index is 758. The van der Waals surface area contributed by atoms with E-state index in [1.165, 1.54) is 11.1 Å². The standard InChI is InChI=1S/C20H25N3O2/c1-14(2)25-19-6-4-5-17(12-19)21-20(24)22-18-8-7-15-9-10-23(3)13-16(15)11-18/h4-8,11-12,14H,9-10,13H2,1-3H3,(H2,21,22,24). The lowest BCUT2D eigenvalue weighted by atomic mass is 9.99. The summed E-state index contributed by atoms with van der Waals surface area (Å²) >= 11 is 0. The number of amides is 2. The third kappa shape index (κ3) is 4.73. The summed E-state index contributed by atoms with van der Waals surface area (Å²) < 4.78 is 5.65. The lowest BCUT2D eigenvalue weighted by molar-refractivity contribution is 0.242. The van der Waals surface area contributed by atoms with E-state index in [1.807, 2.05) is 44.2 Å². The molecule has 3 rings (SSSR count). The Morgan fingerprint density at radius 2 is 1.84 bits per heavy atom. The summed E-state index contributed by atoms with van der Waals surface area (Å²) in [5, 5.41) is 5.76. The quantitative estimate of drug-likeness (QED) is 0.881. The average molecular weight is 339 g/mol. The number of benzene rings is 2. The lowest BCUT2D eigenvalue weighted by Crippen LogP contribution is -2.26. The molecule has 5 nitrogen and oxygen atoms in total. The fraction of sp³-hybridized carbons (Fsp3) is 0.350. The molecule has 2 N–H and O–H groups in total. The van der Waals surface area contributed by atoms with Gasteiger partial charge in [0.25, 0.3) is 0 Å². The van der Waals surface area contributed by atoms with Crippen molar-refractivity contribution in [2.45, 2.75) is 32.9 Å². The van der Waals surface area contributed by atoms with Crippen LogP contribution in [0.5, 0.6) is 5.75 Å². The zero-order valence-corrected chi connectivity index (χ0v) is 15.0. The van der Waals surface area contributed by atoms with Gasteiger partial charge in [-0.25, -0.2) is 4.79 Å². The Kier molecular flexibility index (Phi) is 5.24. The molecule has 1 aliphatic rings.